The minimum atomic E-state index is -1.01. The molecule has 4 N–H and O–H groups in total. The van der Waals surface area contributed by atoms with Gasteiger partial charge in [-0.3, -0.25) is 9.59 Å². The van der Waals surface area contributed by atoms with Crippen LogP contribution in [0.15, 0.2) is 0 Å². The number of carboxylic acids is 1. The quantitative estimate of drug-likeness (QED) is 0.465. The van der Waals surface area contributed by atoms with Gasteiger partial charge in [0, 0.05) is 13.5 Å². The van der Waals surface area contributed by atoms with Crippen molar-refractivity contribution in [3.8, 4) is 0 Å². The van der Waals surface area contributed by atoms with Gasteiger partial charge in [0.15, 0.2) is 0 Å². The predicted octanol–water partition coefficient (Wildman–Crippen LogP) is 2.91. The first kappa shape index (κ1) is 25.9. The Morgan fingerprint density at radius 2 is 1.74 bits per heavy atom. The third kappa shape index (κ3) is 4.20. The molecule has 0 bridgehead atoms. The number of hydrogen-bond acceptors (Lipinski definition) is 5. The Morgan fingerprint density at radius 1 is 1.03 bits per heavy atom. The van der Waals surface area contributed by atoms with Crippen LogP contribution in [0.4, 0.5) is 0 Å². The van der Waals surface area contributed by atoms with E-state index < -0.39 is 12.1 Å². The number of carbonyl (C=O) groups is 2. The zero-order valence-corrected chi connectivity index (χ0v) is 21.3. The molecule has 1 amide bonds. The summed E-state index contributed by atoms with van der Waals surface area (Å²) in [5, 5.41) is 42.2. The fourth-order valence-corrected chi connectivity index (χ4v) is 9.17. The van der Waals surface area contributed by atoms with Crippen molar-refractivity contribution in [2.24, 2.45) is 46.3 Å². The highest BCUT2D eigenvalue weighted by molar-refractivity contribution is 5.80. The molecule has 0 aliphatic heterocycles. The second-order valence-electron chi connectivity index (χ2n) is 12.7. The van der Waals surface area contributed by atoms with E-state index in [4.69, 9.17) is 5.11 Å². The lowest BCUT2D eigenvalue weighted by atomic mass is 9.43. The number of carboxylic acid groups (broad SMARTS) is 1. The van der Waals surface area contributed by atoms with Gasteiger partial charge in [0.1, 0.15) is 6.54 Å². The summed E-state index contributed by atoms with van der Waals surface area (Å²) >= 11 is 0. The molecule has 7 nitrogen and oxygen atoms in total. The number of nitrogens with zero attached hydrogens (tertiary/aromatic N) is 1. The molecule has 0 aromatic heterocycles. The summed E-state index contributed by atoms with van der Waals surface area (Å²) < 4.78 is 0. The van der Waals surface area contributed by atoms with Gasteiger partial charge in [0.25, 0.3) is 0 Å². The third-order valence-corrected chi connectivity index (χ3v) is 11.1. The normalized spacial score (nSPS) is 46.7. The van der Waals surface area contributed by atoms with Crippen LogP contribution in [-0.4, -0.2) is 69.1 Å². The average Bonchev–Trinajstić information content (AvgIpc) is 3.12. The Bertz CT molecular complexity index is 789. The van der Waals surface area contributed by atoms with Gasteiger partial charge in [0.05, 0.1) is 18.3 Å². The lowest BCUT2D eigenvalue weighted by Gasteiger charge is -2.63. The Labute approximate surface area is 203 Å². The van der Waals surface area contributed by atoms with Gasteiger partial charge >= 0.3 is 5.97 Å². The number of aliphatic hydroxyl groups excluding tert-OH is 3. The number of fused-ring (bicyclic) bond motifs is 5. The number of carbonyl (C=O) groups excluding carboxylic acids is 1. The largest absolute Gasteiger partial charge is 0.480 e. The van der Waals surface area contributed by atoms with Crippen LogP contribution in [0, 0.1) is 46.3 Å². The van der Waals surface area contributed by atoms with Crippen LogP contribution in [0.3, 0.4) is 0 Å². The van der Waals surface area contributed by atoms with Crippen molar-refractivity contribution in [2.45, 2.75) is 96.9 Å². The van der Waals surface area contributed by atoms with Crippen LogP contribution in [0.2, 0.25) is 0 Å². The summed E-state index contributed by atoms with van der Waals surface area (Å²) in [6.07, 6.45) is 5.90. The molecule has 0 heterocycles. The summed E-state index contributed by atoms with van der Waals surface area (Å²) in [6, 6.07) is 0. The minimum Gasteiger partial charge on any atom is -0.480 e. The Hall–Kier alpha value is -1.18. The van der Waals surface area contributed by atoms with Gasteiger partial charge in [-0.15, -0.1) is 0 Å². The van der Waals surface area contributed by atoms with Crippen LogP contribution in [0.5, 0.6) is 0 Å². The second kappa shape index (κ2) is 9.36. The Morgan fingerprint density at radius 3 is 2.41 bits per heavy atom. The topological polar surface area (TPSA) is 118 Å². The van der Waals surface area contributed by atoms with Crippen LogP contribution < -0.4 is 0 Å². The van der Waals surface area contributed by atoms with E-state index in [-0.39, 0.29) is 65.1 Å². The fourth-order valence-electron chi connectivity index (χ4n) is 9.17. The molecule has 4 fully saturated rings. The van der Waals surface area contributed by atoms with E-state index in [9.17, 15) is 24.9 Å². The molecule has 11 atom stereocenters. The summed E-state index contributed by atoms with van der Waals surface area (Å²) in [4.78, 5) is 24.6. The molecule has 0 radical (unpaired) electrons. The van der Waals surface area contributed by atoms with E-state index >= 15 is 0 Å². The van der Waals surface area contributed by atoms with Crippen molar-refractivity contribution < 1.29 is 30.0 Å². The zero-order valence-electron chi connectivity index (χ0n) is 21.3. The van der Waals surface area contributed by atoms with Crippen molar-refractivity contribution in [3.05, 3.63) is 0 Å². The molecule has 4 saturated carbocycles. The number of rotatable bonds is 6. The lowest BCUT2D eigenvalue weighted by Crippen LogP contribution is -2.62. The summed E-state index contributed by atoms with van der Waals surface area (Å²) in [5.74, 6) is 0.387. The molecule has 0 saturated heterocycles. The fraction of sp³-hybridized carbons (Fsp3) is 0.926. The van der Waals surface area contributed by atoms with Crippen LogP contribution in [0.1, 0.15) is 78.6 Å². The molecule has 34 heavy (non-hydrogen) atoms. The first-order chi connectivity index (χ1) is 15.9. The van der Waals surface area contributed by atoms with Crippen LogP contribution >= 0.6 is 0 Å². The van der Waals surface area contributed by atoms with E-state index in [2.05, 4.69) is 20.8 Å². The number of aliphatic hydroxyl groups is 3. The van der Waals surface area contributed by atoms with E-state index in [1.165, 1.54) is 11.9 Å². The molecular formula is C27H45NO6. The van der Waals surface area contributed by atoms with Crippen molar-refractivity contribution in [1.29, 1.82) is 0 Å². The van der Waals surface area contributed by atoms with Crippen LogP contribution in [-0.2, 0) is 9.59 Å². The average molecular weight is 480 g/mol. The van der Waals surface area contributed by atoms with E-state index in [0.29, 0.717) is 25.2 Å². The molecular weight excluding hydrogens is 434 g/mol. The van der Waals surface area contributed by atoms with E-state index in [1.54, 1.807) is 0 Å². The predicted molar refractivity (Wildman–Crippen MR) is 128 cm³/mol. The molecule has 0 aromatic carbocycles. The molecule has 4 rings (SSSR count). The van der Waals surface area contributed by atoms with E-state index in [0.717, 1.165) is 38.5 Å². The molecule has 194 valence electrons. The number of hydrogen-bond donors (Lipinski definition) is 4. The highest BCUT2D eigenvalue weighted by Gasteiger charge is 2.65. The standard InChI is InChI=1S/C27H45NO6/c1-15(5-8-23(32)28(4)14-24(33)34)18-6-7-19-25-20(13-22(31)27(18,19)3)26(2)10-9-17(29)11-16(26)12-21(25)30/h15-22,25,29-31H,5-14H2,1-4H3,(H,33,34)/t15-,16+,17-,18-,19+,20+,21-,22+,25+,26+,27-/m1/s1. The van der Waals surface area contributed by atoms with Crippen molar-refractivity contribution in [2.75, 3.05) is 13.6 Å². The monoisotopic (exact) mass is 479 g/mol. The number of likely N-dealkylation sites (N-methyl/N-ethyl adjacent to an activating group) is 1. The highest BCUT2D eigenvalue weighted by atomic mass is 16.4. The smallest absolute Gasteiger partial charge is 0.323 e. The summed E-state index contributed by atoms with van der Waals surface area (Å²) in [7, 11) is 1.53. The Balaban J connectivity index is 1.49. The highest BCUT2D eigenvalue weighted by Crippen LogP contribution is 2.68. The maximum absolute atomic E-state index is 12.4. The summed E-state index contributed by atoms with van der Waals surface area (Å²) in [6.45, 7) is 6.44. The maximum Gasteiger partial charge on any atom is 0.323 e. The first-order valence-electron chi connectivity index (χ1n) is 13.4. The van der Waals surface area contributed by atoms with Gasteiger partial charge in [-0.1, -0.05) is 20.8 Å². The molecule has 7 heteroatoms. The molecule has 0 spiro atoms. The molecule has 4 aliphatic rings. The molecule has 0 aromatic rings. The van der Waals surface area contributed by atoms with Gasteiger partial charge in [-0.25, -0.2) is 0 Å². The van der Waals surface area contributed by atoms with Crippen LogP contribution in [0.25, 0.3) is 0 Å². The molecule has 0 unspecified atom stereocenters. The zero-order chi connectivity index (χ0) is 25.0. The number of aliphatic carboxylic acids is 1. The van der Waals surface area contributed by atoms with Crippen molar-refractivity contribution in [3.63, 3.8) is 0 Å². The van der Waals surface area contributed by atoms with Crippen molar-refractivity contribution >= 4 is 11.9 Å². The minimum absolute atomic E-state index is 0.0658. The van der Waals surface area contributed by atoms with Gasteiger partial charge in [-0.2, -0.15) is 0 Å². The van der Waals surface area contributed by atoms with Crippen molar-refractivity contribution in [1.82, 2.24) is 4.90 Å². The lowest BCUT2D eigenvalue weighted by molar-refractivity contribution is -0.207. The SMILES string of the molecule is C[C@H](CCC(=O)N(C)CC(=O)O)[C@H]1CC[C@H]2[C@@H]3[C@H](O)C[C@@H]4C[C@H](O)CC[C@]4(C)[C@H]3C[C@H](O)[C@]12C. The van der Waals surface area contributed by atoms with Gasteiger partial charge in [-0.05, 0) is 97.7 Å². The van der Waals surface area contributed by atoms with Gasteiger partial charge < -0.3 is 25.3 Å². The van der Waals surface area contributed by atoms with E-state index in [1.807, 2.05) is 0 Å². The maximum atomic E-state index is 12.4. The third-order valence-electron chi connectivity index (χ3n) is 11.1. The number of amides is 1. The first-order valence-corrected chi connectivity index (χ1v) is 13.4. The Kier molecular flexibility index (Phi) is 7.13. The summed E-state index contributed by atoms with van der Waals surface area (Å²) in [5.41, 5.74) is -0.217. The molecule has 4 aliphatic carbocycles. The van der Waals surface area contributed by atoms with Gasteiger partial charge in [0.2, 0.25) is 5.91 Å². The second-order valence-corrected chi connectivity index (χ2v) is 12.7.